The first-order valence-electron chi connectivity index (χ1n) is 5.55. The van der Waals surface area contributed by atoms with Crippen molar-refractivity contribution in [3.8, 4) is 5.69 Å². The van der Waals surface area contributed by atoms with Crippen molar-refractivity contribution >= 4 is 11.6 Å². The van der Waals surface area contributed by atoms with Gasteiger partial charge in [-0.2, -0.15) is 0 Å². The van der Waals surface area contributed by atoms with E-state index in [0.29, 0.717) is 16.7 Å². The van der Waals surface area contributed by atoms with Crippen molar-refractivity contribution in [2.24, 2.45) is 0 Å². The van der Waals surface area contributed by atoms with Gasteiger partial charge in [-0.15, -0.1) is 0 Å². The number of benzene rings is 1. The number of hydrogen-bond acceptors (Lipinski definition) is 2. The van der Waals surface area contributed by atoms with E-state index in [0.717, 1.165) is 0 Å². The van der Waals surface area contributed by atoms with Gasteiger partial charge in [0, 0.05) is 12.1 Å². The molecular formula is C12H8ClF3N2O2. The van der Waals surface area contributed by atoms with Gasteiger partial charge in [-0.3, -0.25) is 9.78 Å². The molecule has 0 aliphatic carbocycles. The predicted octanol–water partition coefficient (Wildman–Crippen LogP) is 2.16. The number of nitrogens with zero attached hydrogens (tertiary/aromatic N) is 1. The quantitative estimate of drug-likeness (QED) is 0.683. The highest BCUT2D eigenvalue weighted by atomic mass is 35.5. The highest BCUT2D eigenvalue weighted by molar-refractivity contribution is 6.30. The molecule has 20 heavy (non-hydrogen) atoms. The predicted molar refractivity (Wildman–Crippen MR) is 66.9 cm³/mol. The zero-order chi connectivity index (χ0) is 15.0. The van der Waals surface area contributed by atoms with Crippen molar-refractivity contribution in [2.75, 3.05) is 0 Å². The van der Waals surface area contributed by atoms with Gasteiger partial charge in [0.25, 0.3) is 5.56 Å². The van der Waals surface area contributed by atoms with Crippen LogP contribution in [-0.2, 0) is 6.42 Å². The summed E-state index contributed by atoms with van der Waals surface area (Å²) in [5.74, 6) is -4.68. The van der Waals surface area contributed by atoms with Gasteiger partial charge >= 0.3 is 5.69 Å². The molecule has 8 heteroatoms. The Kier molecular flexibility index (Phi) is 3.71. The number of hydrogen-bond donors (Lipinski definition) is 1. The molecule has 0 amide bonds. The van der Waals surface area contributed by atoms with E-state index in [1.54, 1.807) is 6.92 Å². The fourth-order valence-electron chi connectivity index (χ4n) is 1.76. The summed E-state index contributed by atoms with van der Waals surface area (Å²) < 4.78 is 39.8. The standard InChI is InChI=1S/C12H8ClF3N2O2/c1-2-6-10(13)17-12(20)18(11(6)19)5-3-7(14)9(16)8(15)4-5/h3-4H,2H2,1H3,(H,17,20). The Morgan fingerprint density at radius 3 is 2.25 bits per heavy atom. The molecule has 0 saturated heterocycles. The van der Waals surface area contributed by atoms with Gasteiger partial charge in [-0.25, -0.2) is 22.5 Å². The van der Waals surface area contributed by atoms with Crippen LogP contribution in [-0.4, -0.2) is 9.55 Å². The minimum Gasteiger partial charge on any atom is -0.297 e. The molecule has 106 valence electrons. The van der Waals surface area contributed by atoms with Crippen LogP contribution in [0.2, 0.25) is 5.15 Å². The molecule has 0 fully saturated rings. The molecule has 1 heterocycles. The van der Waals surface area contributed by atoms with Crippen molar-refractivity contribution in [1.29, 1.82) is 0 Å². The Labute approximate surface area is 115 Å². The number of H-pyrrole nitrogens is 1. The topological polar surface area (TPSA) is 54.9 Å². The van der Waals surface area contributed by atoms with Crippen molar-refractivity contribution < 1.29 is 13.2 Å². The average molecular weight is 305 g/mol. The summed E-state index contributed by atoms with van der Waals surface area (Å²) in [4.78, 5) is 26.0. The lowest BCUT2D eigenvalue weighted by Crippen LogP contribution is -2.36. The number of rotatable bonds is 2. The van der Waals surface area contributed by atoms with E-state index in [1.165, 1.54) is 0 Å². The molecular weight excluding hydrogens is 297 g/mol. The zero-order valence-corrected chi connectivity index (χ0v) is 10.9. The Hall–Kier alpha value is -2.02. The van der Waals surface area contributed by atoms with E-state index >= 15 is 0 Å². The lowest BCUT2D eigenvalue weighted by molar-refractivity contribution is 0.446. The largest absolute Gasteiger partial charge is 0.334 e. The van der Waals surface area contributed by atoms with Crippen molar-refractivity contribution in [3.63, 3.8) is 0 Å². The number of nitrogens with one attached hydrogen (secondary N) is 1. The molecule has 0 spiro atoms. The van der Waals surface area contributed by atoms with Gasteiger partial charge in [-0.05, 0) is 6.42 Å². The molecule has 0 atom stereocenters. The third-order valence-corrected chi connectivity index (χ3v) is 3.05. The minimum atomic E-state index is -1.68. The number of aromatic amines is 1. The third-order valence-electron chi connectivity index (χ3n) is 2.73. The van der Waals surface area contributed by atoms with Gasteiger partial charge in [0.2, 0.25) is 0 Å². The zero-order valence-electron chi connectivity index (χ0n) is 10.1. The van der Waals surface area contributed by atoms with Gasteiger partial charge in [0.15, 0.2) is 17.5 Å². The molecule has 1 aromatic heterocycles. The third kappa shape index (κ3) is 2.24. The molecule has 0 aliphatic rings. The molecule has 1 N–H and O–H groups in total. The molecule has 2 aromatic rings. The van der Waals surface area contributed by atoms with Crippen LogP contribution >= 0.6 is 11.6 Å². The molecule has 2 rings (SSSR count). The van der Waals surface area contributed by atoms with Crippen LogP contribution < -0.4 is 11.2 Å². The summed E-state index contributed by atoms with van der Waals surface area (Å²) in [5.41, 5.74) is -2.12. The van der Waals surface area contributed by atoms with Gasteiger partial charge < -0.3 is 0 Å². The maximum absolute atomic E-state index is 13.2. The number of halogens is 4. The lowest BCUT2D eigenvalue weighted by Gasteiger charge is -2.08. The normalized spacial score (nSPS) is 10.8. The van der Waals surface area contributed by atoms with E-state index in [2.05, 4.69) is 4.98 Å². The minimum absolute atomic E-state index is 0.0800. The van der Waals surface area contributed by atoms with E-state index in [1.807, 2.05) is 0 Å². The van der Waals surface area contributed by atoms with Crippen LogP contribution in [0.5, 0.6) is 0 Å². The Balaban J connectivity index is 2.84. The van der Waals surface area contributed by atoms with Crippen molar-refractivity contribution in [3.05, 3.63) is 61.1 Å². The fourth-order valence-corrected chi connectivity index (χ4v) is 2.05. The average Bonchev–Trinajstić information content (AvgIpc) is 2.35. The first-order chi connectivity index (χ1) is 9.36. The van der Waals surface area contributed by atoms with Gasteiger partial charge in [0.1, 0.15) is 5.15 Å². The fraction of sp³-hybridized carbons (Fsp3) is 0.167. The van der Waals surface area contributed by atoms with Crippen LogP contribution in [0.25, 0.3) is 5.69 Å². The van der Waals surface area contributed by atoms with Gasteiger partial charge in [-0.1, -0.05) is 18.5 Å². The smallest absolute Gasteiger partial charge is 0.297 e. The summed E-state index contributed by atoms with van der Waals surface area (Å²) >= 11 is 5.71. The molecule has 0 radical (unpaired) electrons. The lowest BCUT2D eigenvalue weighted by atomic mass is 10.2. The second-order valence-electron chi connectivity index (χ2n) is 3.94. The van der Waals surface area contributed by atoms with Crippen LogP contribution in [0.15, 0.2) is 21.7 Å². The highest BCUT2D eigenvalue weighted by Gasteiger charge is 2.17. The second-order valence-corrected chi connectivity index (χ2v) is 4.32. The Bertz CT molecular complexity index is 775. The molecule has 0 saturated carbocycles. The SMILES string of the molecule is CCc1c(Cl)[nH]c(=O)n(-c2cc(F)c(F)c(F)c2)c1=O. The molecule has 0 unspecified atom stereocenters. The summed E-state index contributed by atoms with van der Waals surface area (Å²) in [6.07, 6.45) is 0.209. The van der Waals surface area contributed by atoms with Crippen LogP contribution in [0.3, 0.4) is 0 Å². The highest BCUT2D eigenvalue weighted by Crippen LogP contribution is 2.15. The molecule has 4 nitrogen and oxygen atoms in total. The summed E-state index contributed by atoms with van der Waals surface area (Å²) in [6.45, 7) is 1.62. The van der Waals surface area contributed by atoms with E-state index in [-0.39, 0.29) is 17.1 Å². The Morgan fingerprint density at radius 2 is 1.75 bits per heavy atom. The summed E-state index contributed by atoms with van der Waals surface area (Å²) in [7, 11) is 0. The van der Waals surface area contributed by atoms with E-state index in [9.17, 15) is 22.8 Å². The summed E-state index contributed by atoms with van der Waals surface area (Å²) in [6, 6.07) is 1.12. The van der Waals surface area contributed by atoms with Crippen LogP contribution in [0, 0.1) is 17.5 Å². The van der Waals surface area contributed by atoms with Crippen molar-refractivity contribution in [2.45, 2.75) is 13.3 Å². The maximum atomic E-state index is 13.2. The molecule has 0 bridgehead atoms. The Morgan fingerprint density at radius 1 is 1.20 bits per heavy atom. The molecule has 0 aliphatic heterocycles. The first-order valence-corrected chi connectivity index (χ1v) is 5.93. The van der Waals surface area contributed by atoms with Gasteiger partial charge in [0.05, 0.1) is 11.3 Å². The molecule has 1 aromatic carbocycles. The maximum Gasteiger partial charge on any atom is 0.334 e. The van der Waals surface area contributed by atoms with Crippen molar-refractivity contribution in [1.82, 2.24) is 9.55 Å². The number of aromatic nitrogens is 2. The monoisotopic (exact) mass is 304 g/mol. The second kappa shape index (κ2) is 5.16. The van der Waals surface area contributed by atoms with E-state index in [4.69, 9.17) is 11.6 Å². The van der Waals surface area contributed by atoms with E-state index < -0.39 is 34.4 Å². The van der Waals surface area contributed by atoms with Crippen LogP contribution in [0.4, 0.5) is 13.2 Å². The summed E-state index contributed by atoms with van der Waals surface area (Å²) in [5, 5.41) is -0.137. The van der Waals surface area contributed by atoms with Crippen LogP contribution in [0.1, 0.15) is 12.5 Å². The first kappa shape index (κ1) is 14.4.